The van der Waals surface area contributed by atoms with Crippen LogP contribution < -0.4 is 14.2 Å². The monoisotopic (exact) mass is 442 g/mol. The van der Waals surface area contributed by atoms with Gasteiger partial charge in [-0.3, -0.25) is 0 Å². The van der Waals surface area contributed by atoms with Gasteiger partial charge in [0, 0.05) is 29.5 Å². The second-order valence-electron chi connectivity index (χ2n) is 10.6. The minimum Gasteiger partial charge on any atom is -0.482 e. The van der Waals surface area contributed by atoms with Crippen molar-refractivity contribution in [1.82, 2.24) is 9.88 Å². The number of ether oxygens (including phenoxy) is 3. The number of benzene rings is 2. The first kappa shape index (κ1) is 18.6. The molecule has 5 aliphatic rings. The Kier molecular flexibility index (Phi) is 3.17. The fourth-order valence-corrected chi connectivity index (χ4v) is 7.66. The number of nitrogens with zero attached hydrogens (tertiary/aromatic N) is 2. The standard InChI is InChI=1S/C27H26N2O4/c1-13-4-5-15-8-21-27(30)11-17-14(2)16-9-19-20(32-12-31-19)10-18(16)28-23(17)25-26(27,6-7-29(21)3)22(15)24(13)33-25/h4-5,9-10,21,25,30H,6-8,11-12H2,1-3H3/t21-,25-,26-,27+/m0/s1. The molecule has 0 radical (unpaired) electrons. The Morgan fingerprint density at radius 2 is 1.97 bits per heavy atom. The number of aromatic nitrogens is 1. The fourth-order valence-electron chi connectivity index (χ4n) is 7.66. The molecule has 4 atom stereocenters. The van der Waals surface area contributed by atoms with E-state index in [-0.39, 0.29) is 18.9 Å². The Morgan fingerprint density at radius 3 is 2.82 bits per heavy atom. The number of likely N-dealkylation sites (tertiary alicyclic amines) is 1. The van der Waals surface area contributed by atoms with Crippen molar-refractivity contribution >= 4 is 10.9 Å². The summed E-state index contributed by atoms with van der Waals surface area (Å²) in [5.74, 6) is 2.47. The molecule has 2 aliphatic carbocycles. The molecule has 0 amide bonds. The molecule has 1 N–H and O–H groups in total. The van der Waals surface area contributed by atoms with Crippen LogP contribution in [0.5, 0.6) is 17.2 Å². The molecule has 2 aromatic carbocycles. The molecule has 6 heteroatoms. The third kappa shape index (κ3) is 1.91. The summed E-state index contributed by atoms with van der Waals surface area (Å²) in [5, 5.41) is 13.7. The SMILES string of the molecule is Cc1ccc2c3c1O[C@H]1c4nc5cc6c(cc5c(C)c4C[C@@]4(O)[C@H](C2)N(C)CC[C@]314)OCO6. The highest BCUT2D eigenvalue weighted by molar-refractivity contribution is 5.87. The molecule has 168 valence electrons. The van der Waals surface area contributed by atoms with Gasteiger partial charge in [-0.2, -0.15) is 0 Å². The van der Waals surface area contributed by atoms with Gasteiger partial charge in [0.05, 0.1) is 22.2 Å². The molecular weight excluding hydrogens is 416 g/mol. The van der Waals surface area contributed by atoms with Crippen LogP contribution in [0.2, 0.25) is 0 Å². The van der Waals surface area contributed by atoms with Gasteiger partial charge < -0.3 is 24.2 Å². The summed E-state index contributed by atoms with van der Waals surface area (Å²) in [7, 11) is 2.15. The number of hydrogen-bond donors (Lipinski definition) is 1. The van der Waals surface area contributed by atoms with E-state index in [1.165, 1.54) is 11.1 Å². The maximum absolute atomic E-state index is 12.7. The van der Waals surface area contributed by atoms with Crippen LogP contribution in [0.3, 0.4) is 0 Å². The van der Waals surface area contributed by atoms with Crippen LogP contribution in [0, 0.1) is 13.8 Å². The van der Waals surface area contributed by atoms with E-state index in [0.717, 1.165) is 69.9 Å². The lowest BCUT2D eigenvalue weighted by Crippen LogP contribution is -2.74. The molecular formula is C27H26N2O4. The lowest BCUT2D eigenvalue weighted by molar-refractivity contribution is -0.168. The number of fused-ring (bicyclic) bond motifs is 4. The van der Waals surface area contributed by atoms with Crippen LogP contribution in [0.1, 0.15) is 46.0 Å². The lowest BCUT2D eigenvalue weighted by Gasteiger charge is -2.62. The first-order valence-electron chi connectivity index (χ1n) is 11.9. The van der Waals surface area contributed by atoms with Crippen molar-refractivity contribution in [3.05, 3.63) is 57.8 Å². The molecule has 1 spiro atoms. The van der Waals surface area contributed by atoms with E-state index in [4.69, 9.17) is 19.2 Å². The summed E-state index contributed by atoms with van der Waals surface area (Å²) in [6, 6.07) is 8.50. The van der Waals surface area contributed by atoms with E-state index in [0.29, 0.717) is 6.42 Å². The summed E-state index contributed by atoms with van der Waals surface area (Å²) in [5.41, 5.74) is 6.50. The number of hydrogen-bond acceptors (Lipinski definition) is 6. The minimum absolute atomic E-state index is 0.0542. The Bertz CT molecular complexity index is 1420. The zero-order chi connectivity index (χ0) is 22.3. The Hall–Kier alpha value is -2.83. The van der Waals surface area contributed by atoms with E-state index < -0.39 is 11.0 Å². The van der Waals surface area contributed by atoms with Crippen molar-refractivity contribution < 1.29 is 19.3 Å². The molecule has 6 nitrogen and oxygen atoms in total. The van der Waals surface area contributed by atoms with Crippen LogP contribution in [-0.2, 0) is 18.3 Å². The molecule has 3 aliphatic heterocycles. The van der Waals surface area contributed by atoms with E-state index in [9.17, 15) is 5.11 Å². The smallest absolute Gasteiger partial charge is 0.231 e. The van der Waals surface area contributed by atoms with Crippen molar-refractivity contribution in [2.75, 3.05) is 20.4 Å². The van der Waals surface area contributed by atoms with Crippen molar-refractivity contribution in [3.63, 3.8) is 0 Å². The van der Waals surface area contributed by atoms with Gasteiger partial charge in [-0.1, -0.05) is 12.1 Å². The van der Waals surface area contributed by atoms with Crippen molar-refractivity contribution in [1.29, 1.82) is 0 Å². The number of piperidine rings is 1. The van der Waals surface area contributed by atoms with Crippen LogP contribution in [0.25, 0.3) is 10.9 Å². The number of pyridine rings is 1. The topological polar surface area (TPSA) is 64.1 Å². The fraction of sp³-hybridized carbons (Fsp3) is 0.444. The van der Waals surface area contributed by atoms with Gasteiger partial charge in [0.1, 0.15) is 5.75 Å². The third-order valence-electron chi connectivity index (χ3n) is 9.29. The van der Waals surface area contributed by atoms with E-state index in [1.54, 1.807) is 0 Å². The number of aryl methyl sites for hydroxylation is 2. The highest BCUT2D eigenvalue weighted by Crippen LogP contribution is 2.67. The molecule has 1 saturated heterocycles. The van der Waals surface area contributed by atoms with Gasteiger partial charge in [0.25, 0.3) is 0 Å². The first-order chi connectivity index (χ1) is 15.9. The second-order valence-corrected chi connectivity index (χ2v) is 10.6. The van der Waals surface area contributed by atoms with Crippen molar-refractivity contribution in [2.24, 2.45) is 0 Å². The van der Waals surface area contributed by atoms with Crippen LogP contribution in [-0.4, -0.2) is 47.0 Å². The molecule has 3 aromatic rings. The van der Waals surface area contributed by atoms with Gasteiger partial charge in [0.2, 0.25) is 6.79 Å². The highest BCUT2D eigenvalue weighted by atomic mass is 16.7. The van der Waals surface area contributed by atoms with E-state index >= 15 is 0 Å². The minimum atomic E-state index is -0.903. The molecule has 1 fully saturated rings. The summed E-state index contributed by atoms with van der Waals surface area (Å²) in [6.07, 6.45) is 2.02. The van der Waals surface area contributed by atoms with Crippen LogP contribution in [0.15, 0.2) is 24.3 Å². The maximum atomic E-state index is 12.7. The summed E-state index contributed by atoms with van der Waals surface area (Å²) in [4.78, 5) is 7.56. The van der Waals surface area contributed by atoms with E-state index in [1.807, 2.05) is 12.1 Å². The quantitative estimate of drug-likeness (QED) is 0.575. The average molecular weight is 443 g/mol. The van der Waals surface area contributed by atoms with Gasteiger partial charge in [-0.25, -0.2) is 4.98 Å². The normalized spacial score (nSPS) is 32.5. The van der Waals surface area contributed by atoms with Crippen LogP contribution >= 0.6 is 0 Å². The van der Waals surface area contributed by atoms with Crippen molar-refractivity contribution in [3.8, 4) is 17.2 Å². The van der Waals surface area contributed by atoms with Crippen molar-refractivity contribution in [2.45, 2.75) is 56.3 Å². The predicted molar refractivity (Wildman–Crippen MR) is 122 cm³/mol. The first-order valence-corrected chi connectivity index (χ1v) is 11.9. The Labute approximate surface area is 192 Å². The molecule has 8 rings (SSSR count). The highest BCUT2D eigenvalue weighted by Gasteiger charge is 2.72. The number of aliphatic hydroxyl groups is 1. The Morgan fingerprint density at radius 1 is 1.15 bits per heavy atom. The third-order valence-corrected chi connectivity index (χ3v) is 9.29. The molecule has 0 unspecified atom stereocenters. The van der Waals surface area contributed by atoms with Gasteiger partial charge in [-0.05, 0) is 68.6 Å². The van der Waals surface area contributed by atoms with Gasteiger partial charge >= 0.3 is 0 Å². The molecule has 33 heavy (non-hydrogen) atoms. The Balaban J connectivity index is 1.46. The summed E-state index contributed by atoms with van der Waals surface area (Å²) < 4.78 is 18.1. The second kappa shape index (κ2) is 5.62. The number of rotatable bonds is 0. The zero-order valence-electron chi connectivity index (χ0n) is 19.1. The summed E-state index contributed by atoms with van der Waals surface area (Å²) in [6.45, 7) is 5.45. The largest absolute Gasteiger partial charge is 0.482 e. The molecule has 1 aromatic heterocycles. The summed E-state index contributed by atoms with van der Waals surface area (Å²) >= 11 is 0. The molecule has 0 saturated carbocycles. The predicted octanol–water partition coefficient (Wildman–Crippen LogP) is 3.50. The zero-order valence-corrected chi connectivity index (χ0v) is 19.1. The maximum Gasteiger partial charge on any atom is 0.231 e. The average Bonchev–Trinajstić information content (AvgIpc) is 3.39. The van der Waals surface area contributed by atoms with Crippen LogP contribution in [0.4, 0.5) is 0 Å². The molecule has 2 bridgehead atoms. The molecule has 4 heterocycles. The van der Waals surface area contributed by atoms with E-state index in [2.05, 4.69) is 37.9 Å². The van der Waals surface area contributed by atoms with Gasteiger partial charge in [-0.15, -0.1) is 0 Å². The lowest BCUT2D eigenvalue weighted by atomic mass is 9.48. The van der Waals surface area contributed by atoms with Gasteiger partial charge in [0.15, 0.2) is 17.6 Å². The number of likely N-dealkylation sites (N-methyl/N-ethyl adjacent to an activating group) is 1.